The van der Waals surface area contributed by atoms with Crippen molar-refractivity contribution in [1.29, 1.82) is 0 Å². The quantitative estimate of drug-likeness (QED) is 0.285. The van der Waals surface area contributed by atoms with E-state index in [0.29, 0.717) is 40.8 Å². The summed E-state index contributed by atoms with van der Waals surface area (Å²) in [6.07, 6.45) is 5.81. The van der Waals surface area contributed by atoms with E-state index < -0.39 is 14.3 Å². The smallest absolute Gasteiger partial charge is 0.319 e. The predicted molar refractivity (Wildman–Crippen MR) is 125 cm³/mol. The highest BCUT2D eigenvalue weighted by atomic mass is 28.4. The van der Waals surface area contributed by atoms with E-state index in [1.807, 2.05) is 6.26 Å². The maximum Gasteiger partial charge on any atom is 0.319 e. The molecular formula is C25H46O4Si. The largest absolute Gasteiger partial charge is 0.447 e. The van der Waals surface area contributed by atoms with Crippen molar-refractivity contribution in [3.8, 4) is 0 Å². The Bertz CT molecular complexity index is 605. The topological polar surface area (TPSA) is 44.8 Å². The summed E-state index contributed by atoms with van der Waals surface area (Å²) in [6.45, 7) is 20.0. The summed E-state index contributed by atoms with van der Waals surface area (Å²) >= 11 is 0. The first-order valence-corrected chi connectivity index (χ1v) is 14.2. The van der Waals surface area contributed by atoms with Gasteiger partial charge in [-0.3, -0.25) is 0 Å². The molecule has 1 aliphatic heterocycles. The average Bonchev–Trinajstić information content (AvgIpc) is 2.66. The third kappa shape index (κ3) is 4.58. The first-order chi connectivity index (χ1) is 13.9. The van der Waals surface area contributed by atoms with E-state index in [9.17, 15) is 4.79 Å². The van der Waals surface area contributed by atoms with Gasteiger partial charge >= 0.3 is 5.97 Å². The van der Waals surface area contributed by atoms with E-state index >= 15 is 0 Å². The fourth-order valence-corrected chi connectivity index (χ4v) is 12.0. The molecule has 174 valence electrons. The van der Waals surface area contributed by atoms with Crippen molar-refractivity contribution in [1.82, 2.24) is 0 Å². The number of methoxy groups -OCH3 is 1. The van der Waals surface area contributed by atoms with Gasteiger partial charge in [-0.1, -0.05) is 55.4 Å². The SMILES string of the molecule is COC1(O[Si](C(C)C)(C(C)C)C(C)C)OC=C2C(CCC(C)=O)C(C)CCC2C1C. The Hall–Kier alpha value is -0.653. The molecule has 0 aromatic heterocycles. The minimum Gasteiger partial charge on any atom is -0.447 e. The molecule has 0 saturated heterocycles. The number of hydrogen-bond acceptors (Lipinski definition) is 4. The molecule has 2 rings (SSSR count). The van der Waals surface area contributed by atoms with Crippen molar-refractivity contribution in [2.45, 2.75) is 111 Å². The first kappa shape index (κ1) is 25.6. The number of carbonyl (C=O) groups is 1. The summed E-state index contributed by atoms with van der Waals surface area (Å²) in [5.74, 6) is 0.723. The summed E-state index contributed by atoms with van der Waals surface area (Å²) in [5.41, 5.74) is 2.74. The molecule has 5 heteroatoms. The van der Waals surface area contributed by atoms with Gasteiger partial charge in [0.1, 0.15) is 5.78 Å². The first-order valence-electron chi connectivity index (χ1n) is 12.0. The Morgan fingerprint density at radius 2 is 1.70 bits per heavy atom. The van der Waals surface area contributed by atoms with Gasteiger partial charge < -0.3 is 18.7 Å². The molecular weight excluding hydrogens is 392 g/mol. The molecule has 0 aromatic rings. The van der Waals surface area contributed by atoms with Crippen LogP contribution in [-0.2, 0) is 18.7 Å². The molecule has 4 nitrogen and oxygen atoms in total. The number of ketones is 1. The number of ether oxygens (including phenoxy) is 2. The fourth-order valence-electron chi connectivity index (χ4n) is 6.43. The molecule has 0 aromatic carbocycles. The maximum absolute atomic E-state index is 11.6. The van der Waals surface area contributed by atoms with Crippen LogP contribution in [0.1, 0.15) is 88.0 Å². The predicted octanol–water partition coefficient (Wildman–Crippen LogP) is 7.06. The van der Waals surface area contributed by atoms with E-state index in [2.05, 4.69) is 55.4 Å². The highest BCUT2D eigenvalue weighted by molar-refractivity contribution is 6.77. The number of carbonyl (C=O) groups excluding carboxylic acids is 1. The molecule has 0 spiro atoms. The van der Waals surface area contributed by atoms with Crippen molar-refractivity contribution in [3.63, 3.8) is 0 Å². The standard InChI is InChI=1S/C25H46O4Si/c1-16(2)30(17(3)4,18(5)6)29-25(27-10)21(9)23-13-11-19(7)22(14-12-20(8)26)24(23)15-28-25/h15-19,21-23H,11-14H2,1-10H3. The molecule has 0 N–H and O–H groups in total. The van der Waals surface area contributed by atoms with Gasteiger partial charge in [-0.15, -0.1) is 0 Å². The zero-order valence-electron chi connectivity index (χ0n) is 21.1. The van der Waals surface area contributed by atoms with Gasteiger partial charge in [0.15, 0.2) is 0 Å². The molecule has 0 amide bonds. The summed E-state index contributed by atoms with van der Waals surface area (Å²) < 4.78 is 19.6. The number of rotatable bonds is 9. The van der Waals surface area contributed by atoms with Crippen molar-refractivity contribution in [2.24, 2.45) is 23.7 Å². The zero-order valence-corrected chi connectivity index (χ0v) is 22.1. The van der Waals surface area contributed by atoms with E-state index in [0.717, 1.165) is 12.8 Å². The van der Waals surface area contributed by atoms with Crippen LogP contribution in [0.3, 0.4) is 0 Å². The number of hydrogen-bond donors (Lipinski definition) is 0. The summed E-state index contributed by atoms with van der Waals surface area (Å²) in [7, 11) is -0.461. The van der Waals surface area contributed by atoms with Gasteiger partial charge in [0, 0.05) is 13.5 Å². The van der Waals surface area contributed by atoms with Crippen LogP contribution < -0.4 is 0 Å². The van der Waals surface area contributed by atoms with Crippen LogP contribution >= 0.6 is 0 Å². The molecule has 1 fully saturated rings. The van der Waals surface area contributed by atoms with Gasteiger partial charge in [-0.05, 0) is 66.1 Å². The minimum atomic E-state index is -2.19. The van der Waals surface area contributed by atoms with Crippen LogP contribution in [0.15, 0.2) is 11.8 Å². The molecule has 1 saturated carbocycles. The highest BCUT2D eigenvalue weighted by Gasteiger charge is 2.57. The van der Waals surface area contributed by atoms with Crippen LogP contribution in [0.5, 0.6) is 0 Å². The Labute approximate surface area is 186 Å². The molecule has 2 aliphatic rings. The van der Waals surface area contributed by atoms with Crippen LogP contribution in [0, 0.1) is 23.7 Å². The molecule has 5 atom stereocenters. The van der Waals surface area contributed by atoms with E-state index in [1.165, 1.54) is 12.0 Å². The molecule has 30 heavy (non-hydrogen) atoms. The van der Waals surface area contributed by atoms with Gasteiger partial charge in [-0.2, -0.15) is 0 Å². The second-order valence-corrected chi connectivity index (χ2v) is 16.1. The van der Waals surface area contributed by atoms with Crippen molar-refractivity contribution >= 4 is 14.1 Å². The molecule has 1 aliphatic carbocycles. The Morgan fingerprint density at radius 3 is 2.17 bits per heavy atom. The lowest BCUT2D eigenvalue weighted by Crippen LogP contribution is -2.60. The van der Waals surface area contributed by atoms with Crippen molar-refractivity contribution < 1.29 is 18.7 Å². The number of Topliss-reactive ketones (excluding diaryl/α,β-unsaturated/α-hetero) is 1. The van der Waals surface area contributed by atoms with E-state index in [1.54, 1.807) is 14.0 Å². The second-order valence-electron chi connectivity index (χ2n) is 10.8. The van der Waals surface area contributed by atoms with Crippen LogP contribution in [0.4, 0.5) is 0 Å². The van der Waals surface area contributed by atoms with Crippen LogP contribution in [-0.4, -0.2) is 27.2 Å². The normalized spacial score (nSPS) is 32.2. The van der Waals surface area contributed by atoms with Gasteiger partial charge in [0.05, 0.1) is 12.2 Å². The Kier molecular flexibility index (Phi) is 8.42. The Morgan fingerprint density at radius 1 is 1.13 bits per heavy atom. The third-order valence-corrected chi connectivity index (χ3v) is 14.2. The lowest BCUT2D eigenvalue weighted by Gasteiger charge is -2.54. The van der Waals surface area contributed by atoms with Gasteiger partial charge in [0.25, 0.3) is 0 Å². The highest BCUT2D eigenvalue weighted by Crippen LogP contribution is 2.53. The molecule has 5 unspecified atom stereocenters. The van der Waals surface area contributed by atoms with Gasteiger partial charge in [0.2, 0.25) is 8.32 Å². The lowest BCUT2D eigenvalue weighted by atomic mass is 9.65. The summed E-state index contributed by atoms with van der Waals surface area (Å²) in [5, 5.41) is 0. The van der Waals surface area contributed by atoms with Crippen LogP contribution in [0.2, 0.25) is 16.6 Å². The second kappa shape index (κ2) is 9.87. The average molecular weight is 439 g/mol. The summed E-state index contributed by atoms with van der Waals surface area (Å²) in [4.78, 5) is 11.6. The number of allylic oxidation sites excluding steroid dienone is 1. The minimum absolute atomic E-state index is 0.109. The molecule has 0 radical (unpaired) electrons. The maximum atomic E-state index is 11.6. The Balaban J connectivity index is 2.42. The monoisotopic (exact) mass is 438 g/mol. The number of fused-ring (bicyclic) bond motifs is 1. The molecule has 1 heterocycles. The van der Waals surface area contributed by atoms with Crippen molar-refractivity contribution in [2.75, 3.05) is 7.11 Å². The van der Waals surface area contributed by atoms with E-state index in [-0.39, 0.29) is 11.7 Å². The third-order valence-electron chi connectivity index (χ3n) is 8.11. The van der Waals surface area contributed by atoms with Gasteiger partial charge in [-0.25, -0.2) is 0 Å². The van der Waals surface area contributed by atoms with Crippen molar-refractivity contribution in [3.05, 3.63) is 11.8 Å². The zero-order chi connectivity index (χ0) is 22.9. The molecule has 0 bridgehead atoms. The van der Waals surface area contributed by atoms with Crippen LogP contribution in [0.25, 0.3) is 0 Å². The summed E-state index contributed by atoms with van der Waals surface area (Å²) in [6, 6.07) is 0. The lowest BCUT2D eigenvalue weighted by molar-refractivity contribution is -0.357. The fraction of sp³-hybridized carbons (Fsp3) is 0.880. The van der Waals surface area contributed by atoms with E-state index in [4.69, 9.17) is 13.9 Å².